The first-order valence-electron chi connectivity index (χ1n) is 4.57. The molecule has 0 heterocycles. The molecule has 102 valence electrons. The Morgan fingerprint density at radius 1 is 1.22 bits per heavy atom. The van der Waals surface area contributed by atoms with Gasteiger partial charge in [-0.15, -0.1) is 0 Å². The molecule has 0 N–H and O–H groups in total. The van der Waals surface area contributed by atoms with Crippen molar-refractivity contribution in [3.63, 3.8) is 0 Å². The highest BCUT2D eigenvalue weighted by Gasteiger charge is 2.48. The highest BCUT2D eigenvalue weighted by molar-refractivity contribution is 7.88. The molecule has 0 spiro atoms. The van der Waals surface area contributed by atoms with E-state index < -0.39 is 21.4 Å². The fraction of sp³-hybridized carbons (Fsp3) is 0.333. The van der Waals surface area contributed by atoms with Gasteiger partial charge in [0.05, 0.1) is 0 Å². The van der Waals surface area contributed by atoms with Crippen LogP contribution in [0.1, 0.15) is 12.5 Å². The number of alkyl halides is 3. The van der Waals surface area contributed by atoms with Crippen molar-refractivity contribution in [3.8, 4) is 5.75 Å². The largest absolute Gasteiger partial charge is 0.534 e. The van der Waals surface area contributed by atoms with E-state index in [-0.39, 0.29) is 10.0 Å². The van der Waals surface area contributed by atoms with E-state index in [1.807, 2.05) is 0 Å². The first kappa shape index (κ1) is 15.4. The fourth-order valence-electron chi connectivity index (χ4n) is 1.14. The number of hydrogen-bond donors (Lipinski definition) is 0. The van der Waals surface area contributed by atoms with E-state index in [1.54, 1.807) is 6.92 Å². The summed E-state index contributed by atoms with van der Waals surface area (Å²) in [5.41, 5.74) is -5.01. The van der Waals surface area contributed by atoms with Gasteiger partial charge in [0.1, 0.15) is 5.75 Å². The molecule has 0 radical (unpaired) electrons. The third-order valence-electron chi connectivity index (χ3n) is 1.96. The van der Waals surface area contributed by atoms with Gasteiger partial charge in [0.2, 0.25) is 0 Å². The van der Waals surface area contributed by atoms with E-state index in [4.69, 9.17) is 23.2 Å². The van der Waals surface area contributed by atoms with Crippen LogP contribution in [-0.2, 0) is 16.5 Å². The van der Waals surface area contributed by atoms with Gasteiger partial charge in [-0.2, -0.15) is 21.6 Å². The van der Waals surface area contributed by atoms with E-state index in [0.717, 1.165) is 12.1 Å². The molecular weight excluding hydrogens is 316 g/mol. The van der Waals surface area contributed by atoms with E-state index in [9.17, 15) is 21.6 Å². The van der Waals surface area contributed by atoms with E-state index in [1.165, 1.54) is 0 Å². The summed E-state index contributed by atoms with van der Waals surface area (Å²) in [5.74, 6) is -0.584. The molecule has 0 aliphatic carbocycles. The van der Waals surface area contributed by atoms with Crippen molar-refractivity contribution in [2.45, 2.75) is 18.9 Å². The zero-order valence-corrected chi connectivity index (χ0v) is 11.2. The van der Waals surface area contributed by atoms with Crippen LogP contribution >= 0.6 is 23.2 Å². The second-order valence-corrected chi connectivity index (χ2v) is 5.55. The third-order valence-corrected chi connectivity index (χ3v) is 3.61. The molecule has 0 unspecified atom stereocenters. The molecule has 0 aliphatic rings. The van der Waals surface area contributed by atoms with Crippen LogP contribution in [0.25, 0.3) is 0 Å². The molecular formula is C9H7Cl2F3O3S. The van der Waals surface area contributed by atoms with Gasteiger partial charge in [-0.3, -0.25) is 0 Å². The molecule has 1 aromatic carbocycles. The average molecular weight is 323 g/mol. The Kier molecular flexibility index (Phi) is 4.40. The molecule has 0 aromatic heterocycles. The van der Waals surface area contributed by atoms with Crippen molar-refractivity contribution < 1.29 is 25.8 Å². The molecule has 1 rings (SSSR count). The van der Waals surface area contributed by atoms with Gasteiger partial charge in [0.25, 0.3) is 0 Å². The van der Waals surface area contributed by atoms with Crippen molar-refractivity contribution in [1.82, 2.24) is 0 Å². The van der Waals surface area contributed by atoms with Crippen molar-refractivity contribution in [2.75, 3.05) is 0 Å². The maximum absolute atomic E-state index is 12.1. The second-order valence-electron chi connectivity index (χ2n) is 3.20. The number of rotatable bonds is 3. The van der Waals surface area contributed by atoms with Crippen LogP contribution in [0.2, 0.25) is 10.0 Å². The smallest absolute Gasteiger partial charge is 0.376 e. The Balaban J connectivity index is 3.16. The van der Waals surface area contributed by atoms with E-state index >= 15 is 0 Å². The Morgan fingerprint density at radius 3 is 2.00 bits per heavy atom. The Morgan fingerprint density at radius 2 is 1.67 bits per heavy atom. The first-order valence-corrected chi connectivity index (χ1v) is 6.73. The maximum Gasteiger partial charge on any atom is 0.534 e. The van der Waals surface area contributed by atoms with Gasteiger partial charge < -0.3 is 4.18 Å². The summed E-state index contributed by atoms with van der Waals surface area (Å²) in [6, 6.07) is 1.94. The van der Waals surface area contributed by atoms with Gasteiger partial charge in [0.15, 0.2) is 0 Å². The summed E-state index contributed by atoms with van der Waals surface area (Å²) >= 11 is 11.5. The van der Waals surface area contributed by atoms with Crippen molar-refractivity contribution in [2.24, 2.45) is 0 Å². The van der Waals surface area contributed by atoms with Crippen molar-refractivity contribution >= 4 is 33.3 Å². The SMILES string of the molecule is CCc1c(Cl)cc(OS(=O)(=O)C(F)(F)F)cc1Cl. The molecule has 9 heteroatoms. The standard InChI is InChI=1S/C9H7Cl2F3O3S/c1-2-6-7(10)3-5(4-8(6)11)17-18(15,16)9(12,13)14/h3-4H,2H2,1H3. The molecule has 0 amide bonds. The van der Waals surface area contributed by atoms with Crippen molar-refractivity contribution in [1.29, 1.82) is 0 Å². The number of halogens is 5. The predicted molar refractivity (Wildman–Crippen MR) is 61.4 cm³/mol. The monoisotopic (exact) mass is 322 g/mol. The van der Waals surface area contributed by atoms with Crippen LogP contribution < -0.4 is 4.18 Å². The number of hydrogen-bond acceptors (Lipinski definition) is 3. The van der Waals surface area contributed by atoms with E-state index in [2.05, 4.69) is 4.18 Å². The first-order chi connectivity index (χ1) is 8.08. The third kappa shape index (κ3) is 3.21. The minimum atomic E-state index is -5.72. The zero-order chi connectivity index (χ0) is 14.1. The topological polar surface area (TPSA) is 43.4 Å². The summed E-state index contributed by atoms with van der Waals surface area (Å²) < 4.78 is 61.7. The van der Waals surface area contributed by atoms with Gasteiger partial charge in [0, 0.05) is 22.2 Å². The van der Waals surface area contributed by atoms with Crippen LogP contribution in [0.3, 0.4) is 0 Å². The zero-order valence-electron chi connectivity index (χ0n) is 8.88. The lowest BCUT2D eigenvalue weighted by atomic mass is 10.1. The van der Waals surface area contributed by atoms with Gasteiger partial charge >= 0.3 is 15.6 Å². The summed E-state index contributed by atoms with van der Waals surface area (Å²) in [5, 5.41) is 0.0785. The lowest BCUT2D eigenvalue weighted by Crippen LogP contribution is -2.28. The highest BCUT2D eigenvalue weighted by Crippen LogP contribution is 2.33. The molecule has 0 fully saturated rings. The number of benzene rings is 1. The molecule has 18 heavy (non-hydrogen) atoms. The Bertz CT molecular complexity index is 532. The molecule has 0 aliphatic heterocycles. The molecule has 0 saturated heterocycles. The van der Waals surface area contributed by atoms with Crippen LogP contribution in [0.4, 0.5) is 13.2 Å². The summed E-state index contributed by atoms with van der Waals surface area (Å²) in [6.45, 7) is 1.74. The Labute approximate surface area is 112 Å². The molecule has 0 saturated carbocycles. The summed E-state index contributed by atoms with van der Waals surface area (Å²) in [7, 11) is -5.72. The summed E-state index contributed by atoms with van der Waals surface area (Å²) in [4.78, 5) is 0. The van der Waals surface area contributed by atoms with Crippen LogP contribution in [0.5, 0.6) is 5.75 Å². The normalized spacial score (nSPS) is 12.6. The quantitative estimate of drug-likeness (QED) is 0.628. The molecule has 0 bridgehead atoms. The van der Waals surface area contributed by atoms with Crippen LogP contribution in [0, 0.1) is 0 Å². The van der Waals surface area contributed by atoms with Gasteiger partial charge in [-0.05, 0) is 12.0 Å². The molecule has 3 nitrogen and oxygen atoms in total. The van der Waals surface area contributed by atoms with Gasteiger partial charge in [-0.1, -0.05) is 30.1 Å². The minimum absolute atomic E-state index is 0.0392. The highest BCUT2D eigenvalue weighted by atomic mass is 35.5. The Hall–Kier alpha value is -0.660. The predicted octanol–water partition coefficient (Wildman–Crippen LogP) is 3.78. The maximum atomic E-state index is 12.1. The van der Waals surface area contributed by atoms with Crippen LogP contribution in [-0.4, -0.2) is 13.9 Å². The minimum Gasteiger partial charge on any atom is -0.376 e. The van der Waals surface area contributed by atoms with Gasteiger partial charge in [-0.25, -0.2) is 0 Å². The molecule has 0 atom stereocenters. The van der Waals surface area contributed by atoms with E-state index in [0.29, 0.717) is 12.0 Å². The summed E-state index contributed by atoms with van der Waals surface area (Å²) in [6.07, 6.45) is 0.448. The lowest BCUT2D eigenvalue weighted by Gasteiger charge is -2.11. The second kappa shape index (κ2) is 5.14. The lowest BCUT2D eigenvalue weighted by molar-refractivity contribution is -0.0500. The fourth-order valence-corrected chi connectivity index (χ4v) is 2.32. The van der Waals surface area contributed by atoms with Crippen molar-refractivity contribution in [3.05, 3.63) is 27.7 Å². The van der Waals surface area contributed by atoms with Crippen LogP contribution in [0.15, 0.2) is 12.1 Å². The average Bonchev–Trinajstić information content (AvgIpc) is 2.14. The molecule has 1 aromatic rings.